The zero-order valence-electron chi connectivity index (χ0n) is 40.4. The van der Waals surface area contributed by atoms with Crippen molar-refractivity contribution in [2.75, 3.05) is 26.4 Å². The smallest absolute Gasteiger partial charge is 0.306 e. The molecule has 2 heterocycles. The number of aliphatic hydroxyl groups is 7. The first-order valence-corrected chi connectivity index (χ1v) is 25.6. The summed E-state index contributed by atoms with van der Waals surface area (Å²) >= 11 is 0. The maximum Gasteiger partial charge on any atom is 0.306 e. The van der Waals surface area contributed by atoms with Crippen LogP contribution in [-0.4, -0.2) is 142 Å². The summed E-state index contributed by atoms with van der Waals surface area (Å²) in [6.45, 7) is 2.52. The van der Waals surface area contributed by atoms with E-state index >= 15 is 0 Å². The molecule has 2 aliphatic heterocycles. The monoisotopic (exact) mass is 943 g/mol. The Morgan fingerprint density at radius 1 is 0.485 bits per heavy atom. The average molecular weight is 943 g/mol. The van der Waals surface area contributed by atoms with Crippen molar-refractivity contribution in [3.8, 4) is 0 Å². The summed E-state index contributed by atoms with van der Waals surface area (Å²) in [5.41, 5.74) is 0. The van der Waals surface area contributed by atoms with Gasteiger partial charge in [0.05, 0.1) is 19.8 Å². The third-order valence-electron chi connectivity index (χ3n) is 12.1. The Bertz CT molecular complexity index is 1290. The van der Waals surface area contributed by atoms with Crippen LogP contribution in [0.1, 0.15) is 181 Å². The Balaban J connectivity index is 1.84. The fourth-order valence-electron chi connectivity index (χ4n) is 7.83. The molecule has 4 unspecified atom stereocenters. The van der Waals surface area contributed by atoms with E-state index in [9.17, 15) is 45.3 Å². The third-order valence-corrected chi connectivity index (χ3v) is 12.1. The fourth-order valence-corrected chi connectivity index (χ4v) is 7.83. The Hall–Kier alpha value is -2.28. The van der Waals surface area contributed by atoms with Crippen molar-refractivity contribution in [1.82, 2.24) is 0 Å². The van der Waals surface area contributed by atoms with E-state index in [1.807, 2.05) is 0 Å². The van der Waals surface area contributed by atoms with Gasteiger partial charge in [0, 0.05) is 12.8 Å². The van der Waals surface area contributed by atoms with E-state index in [-0.39, 0.29) is 19.4 Å². The second kappa shape index (κ2) is 38.6. The molecule has 0 aliphatic carbocycles. The number of carbonyl (C=O) groups is 2. The van der Waals surface area contributed by atoms with E-state index in [0.717, 1.165) is 44.9 Å². The lowest BCUT2D eigenvalue weighted by molar-refractivity contribution is -0.332. The van der Waals surface area contributed by atoms with Crippen molar-refractivity contribution in [3.05, 3.63) is 36.5 Å². The summed E-state index contributed by atoms with van der Waals surface area (Å²) in [7, 11) is 0. The number of rotatable bonds is 39. The minimum atomic E-state index is -1.77. The highest BCUT2D eigenvalue weighted by atomic mass is 16.7. The van der Waals surface area contributed by atoms with Gasteiger partial charge in [0.25, 0.3) is 0 Å². The molecule has 2 rings (SSSR count). The van der Waals surface area contributed by atoms with Crippen LogP contribution in [0.5, 0.6) is 0 Å². The van der Waals surface area contributed by atoms with Crippen LogP contribution in [0.3, 0.4) is 0 Å². The zero-order valence-corrected chi connectivity index (χ0v) is 40.4. The minimum absolute atomic E-state index is 0.119. The van der Waals surface area contributed by atoms with Crippen molar-refractivity contribution < 1.29 is 73.8 Å². The summed E-state index contributed by atoms with van der Waals surface area (Å²) in [6.07, 6.45) is 23.2. The predicted octanol–water partition coefficient (Wildman–Crippen LogP) is 6.93. The maximum atomic E-state index is 13.0. The molecule has 2 saturated heterocycles. The van der Waals surface area contributed by atoms with Crippen molar-refractivity contribution in [2.45, 2.75) is 248 Å². The van der Waals surface area contributed by atoms with E-state index in [1.54, 1.807) is 0 Å². The van der Waals surface area contributed by atoms with Crippen molar-refractivity contribution in [1.29, 1.82) is 0 Å². The van der Waals surface area contributed by atoms with E-state index in [4.69, 9.17) is 28.4 Å². The highest BCUT2D eigenvalue weighted by molar-refractivity contribution is 5.70. The molecule has 0 aromatic carbocycles. The van der Waals surface area contributed by atoms with Gasteiger partial charge in [0.1, 0.15) is 55.4 Å². The first kappa shape index (κ1) is 59.8. The largest absolute Gasteiger partial charge is 0.462 e. The van der Waals surface area contributed by atoms with Gasteiger partial charge >= 0.3 is 11.9 Å². The predicted molar refractivity (Wildman–Crippen MR) is 252 cm³/mol. The van der Waals surface area contributed by atoms with E-state index in [2.05, 4.69) is 50.3 Å². The first-order chi connectivity index (χ1) is 32.0. The van der Waals surface area contributed by atoms with Gasteiger partial charge in [-0.25, -0.2) is 0 Å². The third kappa shape index (κ3) is 26.5. The number of allylic oxidation sites excluding steroid dienone is 6. The topological polar surface area (TPSA) is 231 Å². The Morgan fingerprint density at radius 2 is 0.909 bits per heavy atom. The van der Waals surface area contributed by atoms with Crippen LogP contribution in [0.4, 0.5) is 0 Å². The summed E-state index contributed by atoms with van der Waals surface area (Å²) in [5, 5.41) is 72.0. The number of hydrogen-bond donors (Lipinski definition) is 7. The zero-order chi connectivity index (χ0) is 48.2. The van der Waals surface area contributed by atoms with Gasteiger partial charge in [-0.05, 0) is 70.6 Å². The molecule has 66 heavy (non-hydrogen) atoms. The Labute approximate surface area is 395 Å². The van der Waals surface area contributed by atoms with Crippen molar-refractivity contribution >= 4 is 11.9 Å². The molecular weight excluding hydrogens is 853 g/mol. The molecule has 15 heteroatoms. The summed E-state index contributed by atoms with van der Waals surface area (Å²) in [4.78, 5) is 25.7. The van der Waals surface area contributed by atoms with Crippen molar-refractivity contribution in [2.24, 2.45) is 0 Å². The highest BCUT2D eigenvalue weighted by Crippen LogP contribution is 2.26. The lowest BCUT2D eigenvalue weighted by Gasteiger charge is -2.42. The lowest BCUT2D eigenvalue weighted by atomic mass is 9.98. The van der Waals surface area contributed by atoms with Crippen LogP contribution in [0.2, 0.25) is 0 Å². The first-order valence-electron chi connectivity index (χ1n) is 25.6. The quantitative estimate of drug-likeness (QED) is 0.0188. The average Bonchev–Trinajstić information content (AvgIpc) is 3.31. The SMILES string of the molecule is CCCCCCCC/C=C/C/C=C/CCCCC(=O)O[C@H](COC(=O)CCCC/C=C/CCCCCCCCCCC)CO[C@@H]1O[C@H](CO[C@@H]2O[C@H](CO)[C@H](O)C(O)C2O)[C@H](O)C(O)C1O. The van der Waals surface area contributed by atoms with Gasteiger partial charge in [0.2, 0.25) is 0 Å². The normalized spacial score (nSPS) is 26.4. The van der Waals surface area contributed by atoms with Crippen LogP contribution < -0.4 is 0 Å². The van der Waals surface area contributed by atoms with E-state index < -0.39 is 99.3 Å². The van der Waals surface area contributed by atoms with Gasteiger partial charge in [-0.15, -0.1) is 0 Å². The molecule has 2 fully saturated rings. The maximum absolute atomic E-state index is 13.0. The van der Waals surface area contributed by atoms with Crippen LogP contribution in [0.25, 0.3) is 0 Å². The summed E-state index contributed by atoms with van der Waals surface area (Å²) in [6, 6.07) is 0. The number of hydrogen-bond acceptors (Lipinski definition) is 15. The van der Waals surface area contributed by atoms with Gasteiger partial charge in [-0.3, -0.25) is 9.59 Å². The Kier molecular flexibility index (Phi) is 35.0. The number of ether oxygens (including phenoxy) is 6. The molecule has 0 aromatic rings. The molecule has 0 radical (unpaired) electrons. The molecule has 0 saturated carbocycles. The van der Waals surface area contributed by atoms with Gasteiger partial charge < -0.3 is 64.2 Å². The van der Waals surface area contributed by atoms with Crippen LogP contribution in [0, 0.1) is 0 Å². The molecule has 15 nitrogen and oxygen atoms in total. The number of aliphatic hydroxyl groups excluding tert-OH is 7. The number of carbonyl (C=O) groups excluding carboxylic acids is 2. The second-order valence-corrected chi connectivity index (χ2v) is 18.0. The number of esters is 2. The molecule has 2 aliphatic rings. The molecule has 0 spiro atoms. The molecule has 0 bridgehead atoms. The molecular formula is C51H90O15. The van der Waals surface area contributed by atoms with E-state index in [1.165, 1.54) is 96.3 Å². The van der Waals surface area contributed by atoms with Gasteiger partial charge in [0.15, 0.2) is 18.7 Å². The number of unbranched alkanes of at least 4 members (excludes halogenated alkanes) is 19. The van der Waals surface area contributed by atoms with Gasteiger partial charge in [-0.1, -0.05) is 134 Å². The fraction of sp³-hybridized carbons (Fsp3) is 0.843. The Morgan fingerprint density at radius 3 is 1.42 bits per heavy atom. The van der Waals surface area contributed by atoms with Crippen LogP contribution >= 0.6 is 0 Å². The van der Waals surface area contributed by atoms with E-state index in [0.29, 0.717) is 12.8 Å². The molecule has 7 N–H and O–H groups in total. The minimum Gasteiger partial charge on any atom is -0.462 e. The molecule has 0 aromatic heterocycles. The second-order valence-electron chi connectivity index (χ2n) is 18.0. The summed E-state index contributed by atoms with van der Waals surface area (Å²) in [5.74, 6) is -0.988. The van der Waals surface area contributed by atoms with Crippen molar-refractivity contribution in [3.63, 3.8) is 0 Å². The highest BCUT2D eigenvalue weighted by Gasteiger charge is 2.47. The molecule has 0 amide bonds. The van der Waals surface area contributed by atoms with Gasteiger partial charge in [-0.2, -0.15) is 0 Å². The molecule has 11 atom stereocenters. The van der Waals surface area contributed by atoms with Crippen LogP contribution in [0.15, 0.2) is 36.5 Å². The summed E-state index contributed by atoms with van der Waals surface area (Å²) < 4.78 is 33.5. The standard InChI is InChI=1S/C51H90O15/c1-3-5-7-9-11-13-15-17-19-21-23-25-27-29-31-33-42(53)61-36-39(64-43(54)34-32-30-28-26-24-22-20-18-16-14-12-10-8-6-4-2)37-62-50-49(60)47(58)45(56)41(66-50)38-63-51-48(59)46(57)44(55)40(35-52)65-51/h18,20,23-26,39-41,44-52,55-60H,3-17,19,21-22,27-38H2,1-2H3/b20-18+,25-23+,26-24+/t39-,40-,41-,44+,45+,46?,47?,48?,49?,50-,51-/m1/s1. The van der Waals surface area contributed by atoms with Crippen LogP contribution in [-0.2, 0) is 38.0 Å². The lowest BCUT2D eigenvalue weighted by Crippen LogP contribution is -2.61. The molecule has 384 valence electrons.